The van der Waals surface area contributed by atoms with Gasteiger partial charge in [-0.15, -0.1) is 0 Å². The molecule has 0 aromatic rings. The van der Waals surface area contributed by atoms with Crippen LogP contribution in [-0.4, -0.2) is 47.4 Å². The van der Waals surface area contributed by atoms with Crippen LogP contribution in [0.25, 0.3) is 0 Å². The summed E-state index contributed by atoms with van der Waals surface area (Å²) in [7, 11) is 0. The molecule has 2 atom stereocenters. The van der Waals surface area contributed by atoms with E-state index in [-0.39, 0.29) is 18.5 Å². The number of allylic oxidation sites excluding steroid dienone is 3. The standard InChI is InChI=1S/C62H119NO5/c1-3-5-7-9-11-13-15-17-19-21-23-24-25-26-28-30-34-38-42-46-50-54-60(65)59(58-64)63-61(66)55-51-47-43-39-35-32-33-37-41-45-49-53-57-68-62(67)56-52-48-44-40-36-31-29-27-22-20-18-16-14-12-10-8-6-4-2/h20,22,50,54,59-60,64-65H,3-19,21,23-49,51-53,55-58H2,1-2H3,(H,63,66)/b22-20-,54-50+. The summed E-state index contributed by atoms with van der Waals surface area (Å²) in [4.78, 5) is 24.6. The molecular formula is C62H119NO5. The lowest BCUT2D eigenvalue weighted by Gasteiger charge is -2.20. The van der Waals surface area contributed by atoms with Gasteiger partial charge in [-0.05, 0) is 57.8 Å². The fourth-order valence-electron chi connectivity index (χ4n) is 9.51. The second-order valence-electron chi connectivity index (χ2n) is 21.0. The molecule has 0 aromatic carbocycles. The second kappa shape index (κ2) is 57.9. The molecule has 0 fully saturated rings. The SMILES string of the molecule is CCCCCCCCC/C=C\CCCCCCCCCC(=O)OCCCCCCCCCCCCCCC(=O)NC(CO)C(O)/C=C/CCCCCCCCCCCCCCCCCCCCC. The number of nitrogens with one attached hydrogen (secondary N) is 1. The molecule has 1 amide bonds. The molecule has 0 aliphatic carbocycles. The van der Waals surface area contributed by atoms with E-state index in [1.807, 2.05) is 6.08 Å². The maximum absolute atomic E-state index is 12.5. The van der Waals surface area contributed by atoms with E-state index in [0.29, 0.717) is 19.4 Å². The first-order valence-corrected chi connectivity index (χ1v) is 30.6. The minimum absolute atomic E-state index is 0.0129. The lowest BCUT2D eigenvalue weighted by atomic mass is 10.0. The molecule has 68 heavy (non-hydrogen) atoms. The van der Waals surface area contributed by atoms with Crippen LogP contribution >= 0.6 is 0 Å². The molecule has 0 saturated heterocycles. The Morgan fingerprint density at radius 3 is 1.04 bits per heavy atom. The molecule has 0 saturated carbocycles. The number of aliphatic hydroxyl groups excluding tert-OH is 2. The first-order chi connectivity index (χ1) is 33.5. The van der Waals surface area contributed by atoms with E-state index in [9.17, 15) is 19.8 Å². The van der Waals surface area contributed by atoms with Crippen molar-refractivity contribution in [3.63, 3.8) is 0 Å². The molecule has 6 heteroatoms. The molecule has 0 spiro atoms. The fourth-order valence-corrected chi connectivity index (χ4v) is 9.51. The van der Waals surface area contributed by atoms with Crippen LogP contribution in [0, 0.1) is 0 Å². The summed E-state index contributed by atoms with van der Waals surface area (Å²) in [6.45, 7) is 4.89. The first kappa shape index (κ1) is 66.3. The zero-order valence-corrected chi connectivity index (χ0v) is 45.9. The molecule has 2 unspecified atom stereocenters. The maximum Gasteiger partial charge on any atom is 0.305 e. The normalized spacial score (nSPS) is 12.7. The summed E-state index contributed by atoms with van der Waals surface area (Å²) in [5.41, 5.74) is 0. The van der Waals surface area contributed by atoms with Gasteiger partial charge in [-0.1, -0.05) is 289 Å². The average Bonchev–Trinajstić information content (AvgIpc) is 3.34. The Morgan fingerprint density at radius 2 is 0.691 bits per heavy atom. The summed E-state index contributed by atoms with van der Waals surface area (Å²) in [6.07, 6.45) is 70.6. The summed E-state index contributed by atoms with van der Waals surface area (Å²) in [5.74, 6) is -0.0935. The predicted molar refractivity (Wildman–Crippen MR) is 296 cm³/mol. The number of amides is 1. The highest BCUT2D eigenvalue weighted by molar-refractivity contribution is 5.76. The lowest BCUT2D eigenvalue weighted by Crippen LogP contribution is -2.45. The molecular weight excluding hydrogens is 839 g/mol. The average molecular weight is 959 g/mol. The number of ether oxygens (including phenoxy) is 1. The molecule has 0 radical (unpaired) electrons. The largest absolute Gasteiger partial charge is 0.466 e. The number of rotatable bonds is 57. The van der Waals surface area contributed by atoms with E-state index in [1.54, 1.807) is 6.08 Å². The zero-order valence-electron chi connectivity index (χ0n) is 45.9. The maximum atomic E-state index is 12.5. The Bertz CT molecular complexity index is 1060. The van der Waals surface area contributed by atoms with Gasteiger partial charge >= 0.3 is 5.97 Å². The van der Waals surface area contributed by atoms with Crippen LogP contribution in [0.5, 0.6) is 0 Å². The Kier molecular flexibility index (Phi) is 56.5. The van der Waals surface area contributed by atoms with Gasteiger partial charge in [0.25, 0.3) is 0 Å². The van der Waals surface area contributed by atoms with Crippen LogP contribution in [0.1, 0.15) is 335 Å². The molecule has 0 bridgehead atoms. The smallest absolute Gasteiger partial charge is 0.305 e. The zero-order chi connectivity index (χ0) is 49.3. The molecule has 0 aliphatic heterocycles. The summed E-state index contributed by atoms with van der Waals surface area (Å²) in [6, 6.07) is -0.640. The summed E-state index contributed by atoms with van der Waals surface area (Å²) in [5, 5.41) is 23.2. The van der Waals surface area contributed by atoms with Gasteiger partial charge in [0.15, 0.2) is 0 Å². The van der Waals surface area contributed by atoms with Gasteiger partial charge in [0.05, 0.1) is 25.4 Å². The lowest BCUT2D eigenvalue weighted by molar-refractivity contribution is -0.143. The number of aliphatic hydroxyl groups is 2. The van der Waals surface area contributed by atoms with Gasteiger partial charge < -0.3 is 20.3 Å². The molecule has 0 aromatic heterocycles. The van der Waals surface area contributed by atoms with Crippen LogP contribution in [0.3, 0.4) is 0 Å². The van der Waals surface area contributed by atoms with Crippen LogP contribution in [0.2, 0.25) is 0 Å². The third-order valence-corrected chi connectivity index (χ3v) is 14.2. The van der Waals surface area contributed by atoms with Crippen LogP contribution in [0.4, 0.5) is 0 Å². The topological polar surface area (TPSA) is 95.9 Å². The van der Waals surface area contributed by atoms with E-state index >= 15 is 0 Å². The third-order valence-electron chi connectivity index (χ3n) is 14.2. The molecule has 0 aliphatic rings. The van der Waals surface area contributed by atoms with Crippen molar-refractivity contribution in [1.82, 2.24) is 5.32 Å². The van der Waals surface area contributed by atoms with Gasteiger partial charge in [-0.2, -0.15) is 0 Å². The highest BCUT2D eigenvalue weighted by atomic mass is 16.5. The number of carbonyl (C=O) groups excluding carboxylic acids is 2. The predicted octanol–water partition coefficient (Wildman–Crippen LogP) is 19.0. The van der Waals surface area contributed by atoms with Crippen LogP contribution < -0.4 is 5.32 Å². The van der Waals surface area contributed by atoms with Gasteiger partial charge in [0.1, 0.15) is 0 Å². The van der Waals surface area contributed by atoms with Crippen LogP contribution in [0.15, 0.2) is 24.3 Å². The van der Waals surface area contributed by atoms with Crippen molar-refractivity contribution in [3.05, 3.63) is 24.3 Å². The summed E-state index contributed by atoms with van der Waals surface area (Å²) < 4.78 is 5.48. The van der Waals surface area contributed by atoms with Gasteiger partial charge in [-0.3, -0.25) is 9.59 Å². The number of esters is 1. The van der Waals surface area contributed by atoms with E-state index in [0.717, 1.165) is 57.8 Å². The van der Waals surface area contributed by atoms with Crippen molar-refractivity contribution in [2.45, 2.75) is 347 Å². The number of hydrogen-bond acceptors (Lipinski definition) is 5. The van der Waals surface area contributed by atoms with E-state index in [4.69, 9.17) is 4.74 Å². The first-order valence-electron chi connectivity index (χ1n) is 30.6. The Morgan fingerprint density at radius 1 is 0.397 bits per heavy atom. The van der Waals surface area contributed by atoms with Gasteiger partial charge in [0, 0.05) is 12.8 Å². The third kappa shape index (κ3) is 53.7. The Labute approximate surface area is 424 Å². The van der Waals surface area contributed by atoms with Crippen molar-refractivity contribution in [3.8, 4) is 0 Å². The molecule has 402 valence electrons. The molecule has 3 N–H and O–H groups in total. The number of unbranched alkanes of at least 4 members (excludes halogenated alkanes) is 44. The minimum atomic E-state index is -0.856. The van der Waals surface area contributed by atoms with E-state index in [1.165, 1.54) is 250 Å². The van der Waals surface area contributed by atoms with Gasteiger partial charge in [0.2, 0.25) is 5.91 Å². The molecule has 0 rings (SSSR count). The van der Waals surface area contributed by atoms with E-state index in [2.05, 4.69) is 31.3 Å². The number of carbonyl (C=O) groups is 2. The van der Waals surface area contributed by atoms with Gasteiger partial charge in [-0.25, -0.2) is 0 Å². The van der Waals surface area contributed by atoms with Crippen molar-refractivity contribution in [2.24, 2.45) is 0 Å². The Hall–Kier alpha value is -1.66. The molecule has 6 nitrogen and oxygen atoms in total. The van der Waals surface area contributed by atoms with Crippen molar-refractivity contribution < 1.29 is 24.5 Å². The quantitative estimate of drug-likeness (QED) is 0.0321. The Balaban J connectivity index is 3.47. The van der Waals surface area contributed by atoms with Crippen molar-refractivity contribution in [2.75, 3.05) is 13.2 Å². The van der Waals surface area contributed by atoms with Crippen molar-refractivity contribution >= 4 is 11.9 Å². The van der Waals surface area contributed by atoms with Crippen molar-refractivity contribution in [1.29, 1.82) is 0 Å². The van der Waals surface area contributed by atoms with Crippen LogP contribution in [-0.2, 0) is 14.3 Å². The fraction of sp³-hybridized carbons (Fsp3) is 0.903. The van der Waals surface area contributed by atoms with E-state index < -0.39 is 12.1 Å². The monoisotopic (exact) mass is 958 g/mol. The second-order valence-corrected chi connectivity index (χ2v) is 21.0. The summed E-state index contributed by atoms with van der Waals surface area (Å²) >= 11 is 0. The molecule has 0 heterocycles. The minimum Gasteiger partial charge on any atom is -0.466 e. The highest BCUT2D eigenvalue weighted by Gasteiger charge is 2.18. The highest BCUT2D eigenvalue weighted by Crippen LogP contribution is 2.17. The number of hydrogen-bond donors (Lipinski definition) is 3.